The van der Waals surface area contributed by atoms with Crippen molar-refractivity contribution in [3.8, 4) is 11.5 Å². The molecule has 0 saturated carbocycles. The molecule has 4 rings (SSSR count). The van der Waals surface area contributed by atoms with Crippen molar-refractivity contribution in [2.24, 2.45) is 0 Å². The van der Waals surface area contributed by atoms with Crippen molar-refractivity contribution in [1.82, 2.24) is 10.2 Å². The van der Waals surface area contributed by atoms with Crippen LogP contribution in [0.3, 0.4) is 0 Å². The molecule has 37 heavy (non-hydrogen) atoms. The Labute approximate surface area is 215 Å². The Hall–Kier alpha value is -3.36. The third-order valence-electron chi connectivity index (χ3n) is 6.66. The molecule has 196 valence electrons. The number of carbonyl (C=O) groups excluding carboxylic acids is 1. The van der Waals surface area contributed by atoms with E-state index in [0.29, 0.717) is 30.3 Å². The van der Waals surface area contributed by atoms with E-state index in [4.69, 9.17) is 4.74 Å². The Bertz CT molecular complexity index is 1230. The summed E-state index contributed by atoms with van der Waals surface area (Å²) < 4.78 is 45.8. The number of benzene rings is 3. The SMILES string of the molecule is CCNCC(=O)Nc1ccc(C)c(C2CCN(Cc3ccc(Oc4cc(F)c(F)cc4F)cc3)CC2)c1. The topological polar surface area (TPSA) is 53.6 Å². The molecule has 0 spiro atoms. The summed E-state index contributed by atoms with van der Waals surface area (Å²) in [5.41, 5.74) is 4.43. The molecule has 0 aromatic heterocycles. The van der Waals surface area contributed by atoms with Crippen molar-refractivity contribution < 1.29 is 22.7 Å². The van der Waals surface area contributed by atoms with Crippen molar-refractivity contribution in [3.63, 3.8) is 0 Å². The lowest BCUT2D eigenvalue weighted by atomic mass is 9.86. The molecule has 3 aromatic rings. The Morgan fingerprint density at radius 2 is 1.68 bits per heavy atom. The van der Waals surface area contributed by atoms with E-state index in [0.717, 1.165) is 50.3 Å². The van der Waals surface area contributed by atoms with E-state index in [-0.39, 0.29) is 11.7 Å². The quantitative estimate of drug-likeness (QED) is 0.339. The maximum atomic E-state index is 13.8. The average Bonchev–Trinajstić information content (AvgIpc) is 2.89. The van der Waals surface area contributed by atoms with Gasteiger partial charge in [0.05, 0.1) is 6.54 Å². The number of ether oxygens (including phenoxy) is 1. The first-order valence-electron chi connectivity index (χ1n) is 12.6. The molecule has 1 aliphatic rings. The highest BCUT2D eigenvalue weighted by Gasteiger charge is 2.22. The zero-order valence-electron chi connectivity index (χ0n) is 21.1. The molecule has 5 nitrogen and oxygen atoms in total. The van der Waals surface area contributed by atoms with Gasteiger partial charge in [0.1, 0.15) is 5.75 Å². The van der Waals surface area contributed by atoms with Crippen LogP contribution in [0.15, 0.2) is 54.6 Å². The van der Waals surface area contributed by atoms with Crippen LogP contribution in [-0.2, 0) is 11.3 Å². The summed E-state index contributed by atoms with van der Waals surface area (Å²) in [4.78, 5) is 14.5. The van der Waals surface area contributed by atoms with E-state index in [1.54, 1.807) is 12.1 Å². The third kappa shape index (κ3) is 7.11. The number of hydrogen-bond donors (Lipinski definition) is 2. The Morgan fingerprint density at radius 1 is 0.973 bits per heavy atom. The average molecular weight is 512 g/mol. The van der Waals surface area contributed by atoms with Gasteiger partial charge in [-0.1, -0.05) is 25.1 Å². The summed E-state index contributed by atoms with van der Waals surface area (Å²) >= 11 is 0. The number of amides is 1. The van der Waals surface area contributed by atoms with Crippen LogP contribution >= 0.6 is 0 Å². The van der Waals surface area contributed by atoms with Crippen molar-refractivity contribution in [1.29, 1.82) is 0 Å². The number of halogens is 3. The van der Waals surface area contributed by atoms with Crippen LogP contribution in [0.25, 0.3) is 0 Å². The van der Waals surface area contributed by atoms with Gasteiger partial charge in [-0.2, -0.15) is 0 Å². The highest BCUT2D eigenvalue weighted by molar-refractivity contribution is 5.92. The van der Waals surface area contributed by atoms with Crippen LogP contribution in [-0.4, -0.2) is 37.0 Å². The van der Waals surface area contributed by atoms with Gasteiger partial charge in [0.25, 0.3) is 0 Å². The number of anilines is 1. The highest BCUT2D eigenvalue weighted by atomic mass is 19.2. The molecule has 2 N–H and O–H groups in total. The lowest BCUT2D eigenvalue weighted by molar-refractivity contribution is -0.115. The Balaban J connectivity index is 1.31. The van der Waals surface area contributed by atoms with E-state index >= 15 is 0 Å². The van der Waals surface area contributed by atoms with Crippen LogP contribution in [0.5, 0.6) is 11.5 Å². The summed E-state index contributed by atoms with van der Waals surface area (Å²) in [5.74, 6) is -2.99. The first-order valence-corrected chi connectivity index (χ1v) is 12.6. The van der Waals surface area contributed by atoms with Crippen LogP contribution < -0.4 is 15.4 Å². The summed E-state index contributed by atoms with van der Waals surface area (Å²) in [6.45, 7) is 7.79. The number of carbonyl (C=O) groups is 1. The number of likely N-dealkylation sites (tertiary alicyclic amines) is 1. The number of rotatable bonds is 9. The maximum absolute atomic E-state index is 13.8. The molecule has 0 radical (unpaired) electrons. The van der Waals surface area contributed by atoms with Gasteiger partial charge in [0.15, 0.2) is 23.2 Å². The number of nitrogens with one attached hydrogen (secondary N) is 2. The summed E-state index contributed by atoms with van der Waals surface area (Å²) in [6, 6.07) is 14.5. The molecule has 1 heterocycles. The molecule has 8 heteroatoms. The van der Waals surface area contributed by atoms with E-state index in [1.165, 1.54) is 11.1 Å². The second kappa shape index (κ2) is 12.3. The molecule has 0 unspecified atom stereocenters. The van der Waals surface area contributed by atoms with E-state index < -0.39 is 17.5 Å². The second-order valence-electron chi connectivity index (χ2n) is 9.39. The normalized spacial score (nSPS) is 14.5. The molecule has 1 amide bonds. The number of hydrogen-bond acceptors (Lipinski definition) is 4. The molecule has 3 aromatic carbocycles. The molecule has 0 aliphatic carbocycles. The zero-order chi connectivity index (χ0) is 26.4. The minimum Gasteiger partial charge on any atom is -0.454 e. The fraction of sp³-hybridized carbons (Fsp3) is 0.345. The summed E-state index contributed by atoms with van der Waals surface area (Å²) in [5, 5.41) is 6.01. The molecule has 1 fully saturated rings. The predicted octanol–water partition coefficient (Wildman–Crippen LogP) is 6.13. The highest BCUT2D eigenvalue weighted by Crippen LogP contribution is 2.33. The Morgan fingerprint density at radius 3 is 2.38 bits per heavy atom. The van der Waals surface area contributed by atoms with Gasteiger partial charge in [0.2, 0.25) is 5.91 Å². The molecule has 0 atom stereocenters. The minimum atomic E-state index is -1.25. The van der Waals surface area contributed by atoms with Crippen molar-refractivity contribution in [3.05, 3.63) is 88.7 Å². The van der Waals surface area contributed by atoms with Gasteiger partial charge in [-0.05, 0) is 86.3 Å². The fourth-order valence-corrected chi connectivity index (χ4v) is 4.63. The molecular weight excluding hydrogens is 479 g/mol. The lowest BCUT2D eigenvalue weighted by Gasteiger charge is -2.33. The number of piperidine rings is 1. The zero-order valence-corrected chi connectivity index (χ0v) is 21.1. The van der Waals surface area contributed by atoms with Crippen molar-refractivity contribution in [2.45, 2.75) is 39.2 Å². The summed E-state index contributed by atoms with van der Waals surface area (Å²) in [6.07, 6.45) is 2.04. The maximum Gasteiger partial charge on any atom is 0.238 e. The molecule has 1 aliphatic heterocycles. The van der Waals surface area contributed by atoms with E-state index in [9.17, 15) is 18.0 Å². The van der Waals surface area contributed by atoms with Gasteiger partial charge in [0, 0.05) is 24.4 Å². The van der Waals surface area contributed by atoms with Crippen molar-refractivity contribution in [2.75, 3.05) is 31.5 Å². The van der Waals surface area contributed by atoms with E-state index in [1.807, 2.05) is 25.1 Å². The van der Waals surface area contributed by atoms with Crippen LogP contribution in [0, 0.1) is 24.4 Å². The molecule has 1 saturated heterocycles. The lowest BCUT2D eigenvalue weighted by Crippen LogP contribution is -2.32. The first kappa shape index (κ1) is 26.7. The van der Waals surface area contributed by atoms with Gasteiger partial charge in [-0.15, -0.1) is 0 Å². The minimum absolute atomic E-state index is 0.0437. The standard InChI is InChI=1S/C29H32F3N3O2/c1-3-33-17-29(36)34-22-7-4-19(2)24(14-22)21-10-12-35(13-11-21)18-20-5-8-23(9-6-20)37-28-16-26(31)25(30)15-27(28)32/h4-9,14-16,21,33H,3,10-13,17-18H2,1-2H3,(H,34,36). The molecule has 0 bridgehead atoms. The number of likely N-dealkylation sites (N-methyl/N-ethyl adjacent to an activating group) is 1. The molecular formula is C29H32F3N3O2. The van der Waals surface area contributed by atoms with Gasteiger partial charge >= 0.3 is 0 Å². The number of nitrogens with zero attached hydrogens (tertiary/aromatic N) is 1. The van der Waals surface area contributed by atoms with Crippen LogP contribution in [0.4, 0.5) is 18.9 Å². The van der Waals surface area contributed by atoms with Gasteiger partial charge in [-0.3, -0.25) is 9.69 Å². The summed E-state index contributed by atoms with van der Waals surface area (Å²) in [7, 11) is 0. The Kier molecular flexibility index (Phi) is 8.84. The number of aryl methyl sites for hydroxylation is 1. The second-order valence-corrected chi connectivity index (χ2v) is 9.39. The first-order chi connectivity index (χ1) is 17.8. The van der Waals surface area contributed by atoms with Crippen molar-refractivity contribution >= 4 is 11.6 Å². The predicted molar refractivity (Wildman–Crippen MR) is 138 cm³/mol. The van der Waals surface area contributed by atoms with Gasteiger partial charge in [-0.25, -0.2) is 13.2 Å². The largest absolute Gasteiger partial charge is 0.454 e. The smallest absolute Gasteiger partial charge is 0.238 e. The van der Waals surface area contributed by atoms with Crippen LogP contribution in [0.1, 0.15) is 42.4 Å². The fourth-order valence-electron chi connectivity index (χ4n) is 4.63. The van der Waals surface area contributed by atoms with Gasteiger partial charge < -0.3 is 15.4 Å². The van der Waals surface area contributed by atoms with E-state index in [2.05, 4.69) is 34.6 Å². The van der Waals surface area contributed by atoms with Crippen LogP contribution in [0.2, 0.25) is 0 Å². The third-order valence-corrected chi connectivity index (χ3v) is 6.66. The monoisotopic (exact) mass is 511 g/mol.